The van der Waals surface area contributed by atoms with Gasteiger partial charge in [0, 0.05) is 5.57 Å². The highest BCUT2D eigenvalue weighted by atomic mass is 16.5. The first kappa shape index (κ1) is 21.4. The van der Waals surface area contributed by atoms with Crippen LogP contribution in [0.1, 0.15) is 45.7 Å². The van der Waals surface area contributed by atoms with Crippen LogP contribution in [0.3, 0.4) is 0 Å². The summed E-state index contributed by atoms with van der Waals surface area (Å²) in [5.74, 6) is 0.322. The molecule has 2 aromatic carbocycles. The Hall–Kier alpha value is -2.88. The number of rotatable bonds is 7. The van der Waals surface area contributed by atoms with Crippen LogP contribution in [-0.4, -0.2) is 11.9 Å². The van der Waals surface area contributed by atoms with Gasteiger partial charge < -0.3 is 9.47 Å². The van der Waals surface area contributed by atoms with Crippen LogP contribution in [0.4, 0.5) is 0 Å². The van der Waals surface area contributed by atoms with Crippen LogP contribution < -0.4 is 9.47 Å². The number of hydrogen-bond acceptors (Lipinski definition) is 4. The van der Waals surface area contributed by atoms with Gasteiger partial charge in [0.1, 0.15) is 11.5 Å². The molecule has 0 N–H and O–H groups in total. The van der Waals surface area contributed by atoms with Gasteiger partial charge >= 0.3 is 11.9 Å². The Morgan fingerprint density at radius 1 is 0.893 bits per heavy atom. The molecule has 0 aromatic heterocycles. The Balaban J connectivity index is 2.35. The molecule has 0 aliphatic rings. The lowest BCUT2D eigenvalue weighted by Crippen LogP contribution is -2.15. The summed E-state index contributed by atoms with van der Waals surface area (Å²) in [4.78, 5) is 23.8. The van der Waals surface area contributed by atoms with Crippen molar-refractivity contribution in [2.24, 2.45) is 5.92 Å². The van der Waals surface area contributed by atoms with Crippen molar-refractivity contribution in [2.45, 2.75) is 47.5 Å². The van der Waals surface area contributed by atoms with E-state index in [-0.39, 0.29) is 11.9 Å². The predicted molar refractivity (Wildman–Crippen MR) is 112 cm³/mol. The molecule has 0 atom stereocenters. The summed E-state index contributed by atoms with van der Waals surface area (Å²) in [6, 6.07) is 11.6. The smallest absolute Gasteiger partial charge is 0.338 e. The average Bonchev–Trinajstić information content (AvgIpc) is 2.68. The third kappa shape index (κ3) is 5.10. The molecule has 0 fully saturated rings. The zero-order chi connectivity index (χ0) is 20.8. The topological polar surface area (TPSA) is 52.6 Å². The molecule has 2 rings (SSSR count). The van der Waals surface area contributed by atoms with E-state index >= 15 is 0 Å². The standard InChI is InChI=1S/C24H28O4/c1-7-17-13-19(9-11-21(17)27-23(25)15(3)4)20-10-12-22(18(8-2)14-20)28-24(26)16(5)6/h9-14,16H,3,7-8H2,1-2,4-6H3. The van der Waals surface area contributed by atoms with Gasteiger partial charge in [0.15, 0.2) is 0 Å². The molecule has 0 heterocycles. The van der Waals surface area contributed by atoms with Gasteiger partial charge in [-0.15, -0.1) is 0 Å². The Morgan fingerprint density at radius 2 is 1.36 bits per heavy atom. The molecule has 0 amide bonds. The van der Waals surface area contributed by atoms with Crippen molar-refractivity contribution in [2.75, 3.05) is 0 Å². The van der Waals surface area contributed by atoms with Crippen molar-refractivity contribution in [3.63, 3.8) is 0 Å². The van der Waals surface area contributed by atoms with Gasteiger partial charge in [-0.2, -0.15) is 0 Å². The van der Waals surface area contributed by atoms with E-state index < -0.39 is 5.97 Å². The lowest BCUT2D eigenvalue weighted by atomic mass is 9.98. The third-order valence-corrected chi connectivity index (χ3v) is 4.45. The summed E-state index contributed by atoms with van der Waals surface area (Å²) in [7, 11) is 0. The van der Waals surface area contributed by atoms with E-state index in [0.29, 0.717) is 17.1 Å². The van der Waals surface area contributed by atoms with Crippen LogP contribution in [0.25, 0.3) is 11.1 Å². The van der Waals surface area contributed by atoms with E-state index in [1.807, 2.05) is 64.1 Å². The van der Waals surface area contributed by atoms with Crippen LogP contribution in [0.5, 0.6) is 11.5 Å². The molecule has 4 heteroatoms. The fraction of sp³-hybridized carbons (Fsp3) is 0.333. The molecule has 0 unspecified atom stereocenters. The maximum atomic E-state index is 11.9. The second kappa shape index (κ2) is 9.36. The van der Waals surface area contributed by atoms with Crippen molar-refractivity contribution in [1.82, 2.24) is 0 Å². The largest absolute Gasteiger partial charge is 0.426 e. The molecule has 0 spiro atoms. The molecule has 0 saturated carbocycles. The van der Waals surface area contributed by atoms with Gasteiger partial charge in [-0.3, -0.25) is 4.79 Å². The summed E-state index contributed by atoms with van der Waals surface area (Å²) < 4.78 is 10.9. The zero-order valence-corrected chi connectivity index (χ0v) is 17.3. The molecule has 4 nitrogen and oxygen atoms in total. The highest BCUT2D eigenvalue weighted by Gasteiger charge is 2.14. The van der Waals surface area contributed by atoms with E-state index in [4.69, 9.17) is 9.47 Å². The molecule has 28 heavy (non-hydrogen) atoms. The molecule has 0 aliphatic carbocycles. The first-order valence-electron chi connectivity index (χ1n) is 9.62. The number of benzene rings is 2. The van der Waals surface area contributed by atoms with E-state index in [1.54, 1.807) is 6.92 Å². The molecule has 0 bridgehead atoms. The number of esters is 2. The number of carbonyl (C=O) groups is 2. The number of aryl methyl sites for hydroxylation is 2. The lowest BCUT2D eigenvalue weighted by Gasteiger charge is -2.14. The summed E-state index contributed by atoms with van der Waals surface area (Å²) in [6.07, 6.45) is 1.49. The van der Waals surface area contributed by atoms with Gasteiger partial charge in [-0.25, -0.2) is 4.79 Å². The molecule has 2 aromatic rings. The number of ether oxygens (including phenoxy) is 2. The number of carbonyl (C=O) groups excluding carboxylic acids is 2. The summed E-state index contributed by atoms with van der Waals surface area (Å²) in [6.45, 7) is 12.9. The van der Waals surface area contributed by atoms with Crippen LogP contribution in [0, 0.1) is 5.92 Å². The fourth-order valence-electron chi connectivity index (χ4n) is 2.68. The highest BCUT2D eigenvalue weighted by Crippen LogP contribution is 2.31. The molecule has 0 saturated heterocycles. The second-order valence-electron chi connectivity index (χ2n) is 7.10. The minimum atomic E-state index is -0.424. The SMILES string of the molecule is C=C(C)C(=O)Oc1ccc(-c2ccc(OC(=O)C(C)C)c(CC)c2)cc1CC. The van der Waals surface area contributed by atoms with Crippen LogP contribution >= 0.6 is 0 Å². The maximum absolute atomic E-state index is 11.9. The van der Waals surface area contributed by atoms with E-state index in [9.17, 15) is 9.59 Å². The van der Waals surface area contributed by atoms with Gasteiger partial charge in [-0.05, 0) is 66.3 Å². The van der Waals surface area contributed by atoms with Crippen LogP contribution in [-0.2, 0) is 22.4 Å². The van der Waals surface area contributed by atoms with Crippen molar-refractivity contribution in [3.8, 4) is 22.6 Å². The van der Waals surface area contributed by atoms with Gasteiger partial charge in [-0.1, -0.05) is 46.4 Å². The Labute approximate surface area is 167 Å². The Kier molecular flexibility index (Phi) is 7.16. The summed E-state index contributed by atoms with van der Waals surface area (Å²) in [5, 5.41) is 0. The molecular formula is C24H28O4. The van der Waals surface area contributed by atoms with E-state index in [0.717, 1.165) is 35.1 Å². The molecule has 0 radical (unpaired) electrons. The highest BCUT2D eigenvalue weighted by molar-refractivity contribution is 5.89. The first-order valence-corrected chi connectivity index (χ1v) is 9.62. The monoisotopic (exact) mass is 380 g/mol. The quantitative estimate of drug-likeness (QED) is 0.360. The maximum Gasteiger partial charge on any atom is 0.338 e. The normalized spacial score (nSPS) is 10.6. The van der Waals surface area contributed by atoms with Crippen molar-refractivity contribution >= 4 is 11.9 Å². The van der Waals surface area contributed by atoms with Crippen LogP contribution in [0.15, 0.2) is 48.6 Å². The van der Waals surface area contributed by atoms with Gasteiger partial charge in [0.2, 0.25) is 0 Å². The Bertz CT molecular complexity index is 893. The van der Waals surface area contributed by atoms with Crippen molar-refractivity contribution in [1.29, 1.82) is 0 Å². The van der Waals surface area contributed by atoms with Gasteiger partial charge in [0.25, 0.3) is 0 Å². The zero-order valence-electron chi connectivity index (χ0n) is 17.3. The first-order chi connectivity index (χ1) is 13.3. The Morgan fingerprint density at radius 3 is 1.75 bits per heavy atom. The van der Waals surface area contributed by atoms with Crippen LogP contribution in [0.2, 0.25) is 0 Å². The second-order valence-corrected chi connectivity index (χ2v) is 7.10. The lowest BCUT2D eigenvalue weighted by molar-refractivity contribution is -0.137. The van der Waals surface area contributed by atoms with E-state index in [2.05, 4.69) is 6.58 Å². The minimum Gasteiger partial charge on any atom is -0.426 e. The minimum absolute atomic E-state index is 0.175. The van der Waals surface area contributed by atoms with Crippen molar-refractivity contribution < 1.29 is 19.1 Å². The van der Waals surface area contributed by atoms with E-state index in [1.165, 1.54) is 0 Å². The van der Waals surface area contributed by atoms with Crippen molar-refractivity contribution in [3.05, 3.63) is 59.7 Å². The number of hydrogen-bond donors (Lipinski definition) is 0. The summed E-state index contributed by atoms with van der Waals surface area (Å²) >= 11 is 0. The fourth-order valence-corrected chi connectivity index (χ4v) is 2.68. The summed E-state index contributed by atoms with van der Waals surface area (Å²) in [5.41, 5.74) is 4.32. The molecule has 148 valence electrons. The average molecular weight is 380 g/mol. The molecule has 0 aliphatic heterocycles. The predicted octanol–water partition coefficient (Wildman–Crippen LogP) is 5.52. The third-order valence-electron chi connectivity index (χ3n) is 4.45. The molecular weight excluding hydrogens is 352 g/mol. The van der Waals surface area contributed by atoms with Gasteiger partial charge in [0.05, 0.1) is 5.92 Å².